The fraction of sp³-hybridized carbons (Fsp3) is 0.474. The van der Waals surface area contributed by atoms with Gasteiger partial charge in [0.15, 0.2) is 0 Å². The van der Waals surface area contributed by atoms with E-state index in [1.807, 2.05) is 45.4 Å². The molecule has 0 saturated carbocycles. The second-order valence-corrected chi connectivity index (χ2v) is 6.79. The smallest absolute Gasteiger partial charge is 0.225 e. The summed E-state index contributed by atoms with van der Waals surface area (Å²) in [5, 5.41) is 10.7. The van der Waals surface area contributed by atoms with Crippen molar-refractivity contribution in [2.45, 2.75) is 25.8 Å². The van der Waals surface area contributed by atoms with Gasteiger partial charge in [-0.15, -0.1) is 12.4 Å². The van der Waals surface area contributed by atoms with Gasteiger partial charge in [0, 0.05) is 37.8 Å². The molecule has 1 aromatic heterocycles. The molecule has 1 aliphatic heterocycles. The zero-order chi connectivity index (χ0) is 18.0. The third-order valence-corrected chi connectivity index (χ3v) is 4.91. The van der Waals surface area contributed by atoms with Gasteiger partial charge >= 0.3 is 0 Å². The van der Waals surface area contributed by atoms with Crippen molar-refractivity contribution in [3.05, 3.63) is 47.3 Å². The van der Waals surface area contributed by atoms with E-state index in [1.54, 1.807) is 11.8 Å². The maximum absolute atomic E-state index is 12.9. The number of hydrogen-bond acceptors (Lipinski definition) is 4. The van der Waals surface area contributed by atoms with Gasteiger partial charge < -0.3 is 15.4 Å². The number of aromatic nitrogens is 2. The van der Waals surface area contributed by atoms with E-state index in [4.69, 9.17) is 4.74 Å². The number of ether oxygens (including phenoxy) is 1. The molecule has 0 bridgehead atoms. The van der Waals surface area contributed by atoms with Crippen molar-refractivity contribution in [1.82, 2.24) is 20.4 Å². The van der Waals surface area contributed by atoms with Crippen LogP contribution in [0.5, 0.6) is 5.75 Å². The maximum atomic E-state index is 12.9. The highest BCUT2D eigenvalue weighted by atomic mass is 35.5. The number of carbonyl (C=O) groups excluding carboxylic acids is 1. The van der Waals surface area contributed by atoms with Crippen molar-refractivity contribution >= 4 is 18.3 Å². The van der Waals surface area contributed by atoms with Crippen LogP contribution in [0.4, 0.5) is 0 Å². The second kappa shape index (κ2) is 8.56. The Hall–Kier alpha value is -2.05. The molecule has 3 atom stereocenters. The summed E-state index contributed by atoms with van der Waals surface area (Å²) < 4.78 is 7.23. The van der Waals surface area contributed by atoms with Crippen molar-refractivity contribution in [3.8, 4) is 5.75 Å². The van der Waals surface area contributed by atoms with E-state index in [1.165, 1.54) is 0 Å². The van der Waals surface area contributed by atoms with Crippen LogP contribution in [-0.2, 0) is 11.8 Å². The number of benzene rings is 1. The van der Waals surface area contributed by atoms with Gasteiger partial charge in [0.25, 0.3) is 0 Å². The number of halogens is 1. The third-order valence-electron chi connectivity index (χ3n) is 4.91. The first kappa shape index (κ1) is 20.3. The minimum atomic E-state index is -0.113. The van der Waals surface area contributed by atoms with Crippen LogP contribution in [0.1, 0.15) is 35.6 Å². The number of rotatable bonds is 5. The summed E-state index contributed by atoms with van der Waals surface area (Å²) in [5.74, 6) is 0.921. The van der Waals surface area contributed by atoms with Crippen LogP contribution in [0.25, 0.3) is 0 Å². The van der Waals surface area contributed by atoms with Crippen molar-refractivity contribution in [2.75, 3.05) is 20.2 Å². The molecule has 7 heteroatoms. The highest BCUT2D eigenvalue weighted by Gasteiger charge is 2.35. The molecule has 1 saturated heterocycles. The lowest BCUT2D eigenvalue weighted by Gasteiger charge is -2.22. The lowest BCUT2D eigenvalue weighted by molar-refractivity contribution is -0.125. The Labute approximate surface area is 160 Å². The summed E-state index contributed by atoms with van der Waals surface area (Å²) in [5.41, 5.74) is 3.25. The van der Waals surface area contributed by atoms with Crippen LogP contribution in [0, 0.1) is 12.8 Å². The molecule has 2 N–H and O–H groups in total. The molecular formula is C19H27ClN4O2. The van der Waals surface area contributed by atoms with Gasteiger partial charge in [-0.3, -0.25) is 9.48 Å². The molecule has 1 unspecified atom stereocenters. The van der Waals surface area contributed by atoms with E-state index in [-0.39, 0.29) is 36.2 Å². The van der Waals surface area contributed by atoms with Crippen LogP contribution < -0.4 is 15.4 Å². The molecule has 0 aliphatic carbocycles. The van der Waals surface area contributed by atoms with Crippen LogP contribution in [-0.4, -0.2) is 35.9 Å². The zero-order valence-electron chi connectivity index (χ0n) is 15.7. The Morgan fingerprint density at radius 3 is 2.85 bits per heavy atom. The zero-order valence-corrected chi connectivity index (χ0v) is 16.5. The maximum Gasteiger partial charge on any atom is 0.225 e. The molecule has 1 amide bonds. The van der Waals surface area contributed by atoms with E-state index >= 15 is 0 Å². The highest BCUT2D eigenvalue weighted by molar-refractivity contribution is 5.85. The summed E-state index contributed by atoms with van der Waals surface area (Å²) in [7, 11) is 3.55. The van der Waals surface area contributed by atoms with E-state index in [0.717, 1.165) is 29.0 Å². The average Bonchev–Trinajstić information content (AvgIpc) is 3.23. The molecular weight excluding hydrogens is 352 g/mol. The highest BCUT2D eigenvalue weighted by Crippen LogP contribution is 2.30. The second-order valence-electron chi connectivity index (χ2n) is 6.79. The molecule has 0 spiro atoms. The molecule has 2 aromatic rings. The number of nitrogens with zero attached hydrogens (tertiary/aromatic N) is 2. The minimum absolute atomic E-state index is 0. The van der Waals surface area contributed by atoms with Gasteiger partial charge in [0.05, 0.1) is 25.3 Å². The molecule has 1 fully saturated rings. The largest absolute Gasteiger partial charge is 0.496 e. The van der Waals surface area contributed by atoms with E-state index in [2.05, 4.69) is 21.8 Å². The monoisotopic (exact) mass is 378 g/mol. The fourth-order valence-corrected chi connectivity index (χ4v) is 3.53. The predicted molar refractivity (Wildman–Crippen MR) is 104 cm³/mol. The summed E-state index contributed by atoms with van der Waals surface area (Å²) in [6, 6.07) is 5.91. The van der Waals surface area contributed by atoms with Gasteiger partial charge in [0.2, 0.25) is 5.91 Å². The summed E-state index contributed by atoms with van der Waals surface area (Å²) in [6.07, 6.45) is 3.84. The number of hydrogen-bond donors (Lipinski definition) is 2. The first-order chi connectivity index (χ1) is 12.0. The first-order valence-electron chi connectivity index (χ1n) is 8.63. The van der Waals surface area contributed by atoms with Crippen molar-refractivity contribution in [1.29, 1.82) is 0 Å². The van der Waals surface area contributed by atoms with Gasteiger partial charge in [-0.1, -0.05) is 17.7 Å². The van der Waals surface area contributed by atoms with Crippen LogP contribution in [0.2, 0.25) is 0 Å². The minimum Gasteiger partial charge on any atom is -0.496 e. The fourth-order valence-electron chi connectivity index (χ4n) is 3.53. The molecule has 142 valence electrons. The molecule has 1 aromatic carbocycles. The van der Waals surface area contributed by atoms with E-state index in [0.29, 0.717) is 6.54 Å². The molecule has 6 nitrogen and oxygen atoms in total. The van der Waals surface area contributed by atoms with Crippen LogP contribution >= 0.6 is 12.4 Å². The Bertz CT molecular complexity index is 762. The molecule has 1 aliphatic rings. The topological polar surface area (TPSA) is 68.2 Å². The van der Waals surface area contributed by atoms with Gasteiger partial charge in [-0.25, -0.2) is 0 Å². The molecule has 26 heavy (non-hydrogen) atoms. The van der Waals surface area contributed by atoms with Crippen LogP contribution in [0.3, 0.4) is 0 Å². The van der Waals surface area contributed by atoms with E-state index in [9.17, 15) is 4.79 Å². The number of carbonyl (C=O) groups is 1. The van der Waals surface area contributed by atoms with Gasteiger partial charge in [0.1, 0.15) is 5.75 Å². The number of aryl methyl sites for hydroxylation is 2. The molecule has 3 rings (SSSR count). The summed E-state index contributed by atoms with van der Waals surface area (Å²) in [6.45, 7) is 5.52. The van der Waals surface area contributed by atoms with Gasteiger partial charge in [-0.2, -0.15) is 5.10 Å². The SMILES string of the molecule is COc1ccc(C)cc1C(C)NC(=O)[C@H]1CNC[C@@H]1c1cnn(C)c1.Cl. The lowest BCUT2D eigenvalue weighted by atomic mass is 9.90. The normalized spacial score (nSPS) is 20.3. The number of nitrogens with one attached hydrogen (secondary N) is 2. The molecule has 2 heterocycles. The van der Waals surface area contributed by atoms with Crippen molar-refractivity contribution in [3.63, 3.8) is 0 Å². The summed E-state index contributed by atoms with van der Waals surface area (Å²) >= 11 is 0. The Balaban J connectivity index is 0.00000243. The van der Waals surface area contributed by atoms with Crippen molar-refractivity contribution < 1.29 is 9.53 Å². The number of methoxy groups -OCH3 is 1. The predicted octanol–water partition coefficient (Wildman–Crippen LogP) is 2.34. The third kappa shape index (κ3) is 4.19. The number of amides is 1. The standard InChI is InChI=1S/C19H26N4O2.ClH/c1-12-5-6-18(25-4)15(7-12)13(2)22-19(24)17-10-20-9-16(17)14-8-21-23(3)11-14;/h5-8,11,13,16-17,20H,9-10H2,1-4H3,(H,22,24);1H/t13?,16-,17+;/m1./s1. The lowest BCUT2D eigenvalue weighted by Crippen LogP contribution is -2.36. The first-order valence-corrected chi connectivity index (χ1v) is 8.63. The Morgan fingerprint density at radius 2 is 2.19 bits per heavy atom. The Morgan fingerprint density at radius 1 is 1.42 bits per heavy atom. The van der Waals surface area contributed by atoms with Crippen LogP contribution in [0.15, 0.2) is 30.6 Å². The summed E-state index contributed by atoms with van der Waals surface area (Å²) in [4.78, 5) is 12.9. The quantitative estimate of drug-likeness (QED) is 0.838. The van der Waals surface area contributed by atoms with E-state index < -0.39 is 0 Å². The van der Waals surface area contributed by atoms with Gasteiger partial charge in [-0.05, 0) is 25.5 Å². The molecule has 0 radical (unpaired) electrons. The van der Waals surface area contributed by atoms with Crippen molar-refractivity contribution in [2.24, 2.45) is 13.0 Å². The average molecular weight is 379 g/mol. The Kier molecular flexibility index (Phi) is 6.67.